The highest BCUT2D eigenvalue weighted by molar-refractivity contribution is 5.79. The van der Waals surface area contributed by atoms with Crippen molar-refractivity contribution >= 4 is 11.7 Å². The lowest BCUT2D eigenvalue weighted by molar-refractivity contribution is -0.384. The summed E-state index contributed by atoms with van der Waals surface area (Å²) in [5, 5.41) is 32.9. The van der Waals surface area contributed by atoms with Crippen molar-refractivity contribution in [3.63, 3.8) is 0 Å². The van der Waals surface area contributed by atoms with Gasteiger partial charge in [-0.05, 0) is 109 Å². The Labute approximate surface area is 263 Å². The van der Waals surface area contributed by atoms with Crippen LogP contribution in [0.5, 0.6) is 0 Å². The van der Waals surface area contributed by atoms with Crippen molar-refractivity contribution in [2.45, 2.75) is 118 Å². The van der Waals surface area contributed by atoms with Gasteiger partial charge in [0.1, 0.15) is 6.61 Å². The Bertz CT molecular complexity index is 1370. The number of esters is 1. The summed E-state index contributed by atoms with van der Waals surface area (Å²) in [6.07, 6.45) is 11.3. The standard InChI is InChI=1S/C37H53NO6/c1-32(2)16-18-37(31(41)44-22-24-8-7-9-25(20-24)38(42)43)19-17-35(5)26(27(37)21-32)10-11-29-33(3)14-13-30(40)34(4,23-39)28(33)12-15-36(29,35)6/h7-10,20,27-30,39-40H,11-19,21-23H2,1-6H3/t27-,28+,29+,30-,33-,34-,35+,36+,37-/m0/s1. The van der Waals surface area contributed by atoms with Gasteiger partial charge in [0.15, 0.2) is 0 Å². The fourth-order valence-corrected chi connectivity index (χ4v) is 11.7. The second-order valence-electron chi connectivity index (χ2n) is 17.1. The molecular formula is C37H53NO6. The van der Waals surface area contributed by atoms with Gasteiger partial charge in [0, 0.05) is 17.5 Å². The maximum atomic E-state index is 14.2. The van der Waals surface area contributed by atoms with Gasteiger partial charge < -0.3 is 14.9 Å². The molecule has 242 valence electrons. The number of fused-ring (bicyclic) bond motifs is 7. The van der Waals surface area contributed by atoms with Crippen LogP contribution in [0.15, 0.2) is 35.9 Å². The summed E-state index contributed by atoms with van der Waals surface area (Å²) in [5.41, 5.74) is 1.23. The molecular weight excluding hydrogens is 554 g/mol. The van der Waals surface area contributed by atoms with Crippen molar-refractivity contribution in [3.8, 4) is 0 Å². The molecule has 0 spiro atoms. The van der Waals surface area contributed by atoms with E-state index in [1.165, 1.54) is 17.7 Å². The molecule has 0 aliphatic heterocycles. The number of allylic oxidation sites excluding steroid dienone is 2. The predicted octanol–water partition coefficient (Wildman–Crippen LogP) is 7.77. The number of carbonyl (C=O) groups is 1. The van der Waals surface area contributed by atoms with E-state index >= 15 is 0 Å². The number of benzene rings is 1. The lowest BCUT2D eigenvalue weighted by Gasteiger charge is -2.71. The lowest BCUT2D eigenvalue weighted by Crippen LogP contribution is -2.66. The van der Waals surface area contributed by atoms with Crippen LogP contribution in [0.4, 0.5) is 5.69 Å². The summed E-state index contributed by atoms with van der Waals surface area (Å²) >= 11 is 0. The summed E-state index contributed by atoms with van der Waals surface area (Å²) in [6.45, 7) is 14.3. The van der Waals surface area contributed by atoms with Gasteiger partial charge in [-0.25, -0.2) is 0 Å². The van der Waals surface area contributed by atoms with Crippen LogP contribution >= 0.6 is 0 Å². The molecule has 6 rings (SSSR count). The smallest absolute Gasteiger partial charge is 0.313 e. The Hall–Kier alpha value is -2.25. The van der Waals surface area contributed by atoms with Crippen LogP contribution < -0.4 is 0 Å². The molecule has 44 heavy (non-hydrogen) atoms. The maximum Gasteiger partial charge on any atom is 0.313 e. The summed E-state index contributed by atoms with van der Waals surface area (Å²) in [5.74, 6) is 0.698. The Kier molecular flexibility index (Phi) is 7.49. The van der Waals surface area contributed by atoms with E-state index in [2.05, 4.69) is 47.6 Å². The largest absolute Gasteiger partial charge is 0.460 e. The molecule has 4 fully saturated rings. The highest BCUT2D eigenvalue weighted by atomic mass is 16.6. The molecule has 0 saturated heterocycles. The third-order valence-electron chi connectivity index (χ3n) is 14.7. The molecule has 1 aromatic rings. The number of hydrogen-bond acceptors (Lipinski definition) is 6. The number of aliphatic hydroxyl groups excluding tert-OH is 2. The molecule has 2 N–H and O–H groups in total. The Morgan fingerprint density at radius 2 is 1.73 bits per heavy atom. The third kappa shape index (κ3) is 4.38. The number of nitro groups is 1. The van der Waals surface area contributed by atoms with Gasteiger partial charge in [-0.1, -0.05) is 65.3 Å². The fourth-order valence-electron chi connectivity index (χ4n) is 11.7. The highest BCUT2D eigenvalue weighted by Crippen LogP contribution is 2.75. The van der Waals surface area contributed by atoms with Crippen LogP contribution in [0.3, 0.4) is 0 Å². The molecule has 4 saturated carbocycles. The van der Waals surface area contributed by atoms with E-state index in [9.17, 15) is 25.1 Å². The van der Waals surface area contributed by atoms with Crippen LogP contribution in [-0.2, 0) is 16.1 Å². The third-order valence-corrected chi connectivity index (χ3v) is 14.7. The van der Waals surface area contributed by atoms with E-state index in [0.717, 1.165) is 64.2 Å². The Morgan fingerprint density at radius 3 is 2.43 bits per heavy atom. The van der Waals surface area contributed by atoms with Crippen molar-refractivity contribution in [2.24, 2.45) is 50.2 Å². The SMILES string of the molecule is CC1(C)CC[C@]2(C(=O)OCc3cccc([N+](=O)[O-])c3)CC[C@]3(C)C(=CC[C@@H]4[C@@]5(C)CC[C@H](O)[C@@](C)(CO)[C@@H]5CC[C@]43C)[C@@H]2C1. The second kappa shape index (κ2) is 10.4. The molecule has 5 aliphatic rings. The number of rotatable bonds is 5. The minimum absolute atomic E-state index is 0.00721. The van der Waals surface area contributed by atoms with Crippen molar-refractivity contribution < 1.29 is 24.7 Å². The molecule has 0 amide bonds. The number of carbonyl (C=O) groups excluding carboxylic acids is 1. The minimum atomic E-state index is -0.573. The number of ether oxygens (including phenoxy) is 1. The van der Waals surface area contributed by atoms with Crippen molar-refractivity contribution in [1.82, 2.24) is 0 Å². The molecule has 7 nitrogen and oxygen atoms in total. The zero-order valence-corrected chi connectivity index (χ0v) is 27.7. The van der Waals surface area contributed by atoms with E-state index in [0.29, 0.717) is 11.5 Å². The van der Waals surface area contributed by atoms with Gasteiger partial charge in [-0.15, -0.1) is 0 Å². The van der Waals surface area contributed by atoms with Crippen LogP contribution in [0.2, 0.25) is 0 Å². The van der Waals surface area contributed by atoms with Crippen LogP contribution in [0.25, 0.3) is 0 Å². The molecule has 0 bridgehead atoms. The number of nitro benzene ring substituents is 1. The summed E-state index contributed by atoms with van der Waals surface area (Å²) in [7, 11) is 0. The maximum absolute atomic E-state index is 14.2. The average molecular weight is 608 g/mol. The van der Waals surface area contributed by atoms with Gasteiger partial charge in [-0.2, -0.15) is 0 Å². The second-order valence-corrected chi connectivity index (χ2v) is 17.1. The summed E-state index contributed by atoms with van der Waals surface area (Å²) in [4.78, 5) is 25.1. The summed E-state index contributed by atoms with van der Waals surface area (Å²) in [6, 6.07) is 6.39. The zero-order chi connectivity index (χ0) is 31.9. The lowest BCUT2D eigenvalue weighted by atomic mass is 9.33. The van der Waals surface area contributed by atoms with Crippen molar-refractivity contribution in [2.75, 3.05) is 6.61 Å². The number of nitrogens with zero attached hydrogens (tertiary/aromatic N) is 1. The van der Waals surface area contributed by atoms with Gasteiger partial charge in [-0.3, -0.25) is 14.9 Å². The molecule has 0 unspecified atom stereocenters. The normalized spacial score (nSPS) is 44.2. The van der Waals surface area contributed by atoms with E-state index in [-0.39, 0.29) is 58.4 Å². The molecule has 9 atom stereocenters. The van der Waals surface area contributed by atoms with Gasteiger partial charge in [0.25, 0.3) is 5.69 Å². The number of hydrogen-bond donors (Lipinski definition) is 2. The van der Waals surface area contributed by atoms with E-state index < -0.39 is 21.9 Å². The molecule has 1 aromatic carbocycles. The zero-order valence-electron chi connectivity index (χ0n) is 27.7. The number of non-ortho nitro benzene ring substituents is 1. The van der Waals surface area contributed by atoms with Crippen LogP contribution in [0.1, 0.15) is 111 Å². The minimum Gasteiger partial charge on any atom is -0.460 e. The topological polar surface area (TPSA) is 110 Å². The van der Waals surface area contributed by atoms with Crippen molar-refractivity contribution in [3.05, 3.63) is 51.6 Å². The average Bonchev–Trinajstić information content (AvgIpc) is 2.98. The molecule has 5 aliphatic carbocycles. The molecule has 0 radical (unpaired) electrons. The van der Waals surface area contributed by atoms with Gasteiger partial charge in [0.2, 0.25) is 0 Å². The van der Waals surface area contributed by atoms with Crippen LogP contribution in [0, 0.1) is 60.4 Å². The summed E-state index contributed by atoms with van der Waals surface area (Å²) < 4.78 is 6.07. The van der Waals surface area contributed by atoms with Gasteiger partial charge >= 0.3 is 5.97 Å². The van der Waals surface area contributed by atoms with Gasteiger partial charge in [0.05, 0.1) is 23.0 Å². The van der Waals surface area contributed by atoms with E-state index in [1.54, 1.807) is 12.1 Å². The Balaban J connectivity index is 1.34. The van der Waals surface area contributed by atoms with E-state index in [4.69, 9.17) is 4.74 Å². The fraction of sp³-hybridized carbons (Fsp3) is 0.757. The highest BCUT2D eigenvalue weighted by Gasteiger charge is 2.69. The first-order valence-corrected chi connectivity index (χ1v) is 17.0. The first kappa shape index (κ1) is 31.7. The molecule has 7 heteroatoms. The molecule has 0 aromatic heterocycles. The van der Waals surface area contributed by atoms with E-state index in [1.807, 2.05) is 0 Å². The van der Waals surface area contributed by atoms with Crippen molar-refractivity contribution in [1.29, 1.82) is 0 Å². The molecule has 0 heterocycles. The Morgan fingerprint density at radius 1 is 1.00 bits per heavy atom. The monoisotopic (exact) mass is 607 g/mol. The van der Waals surface area contributed by atoms with Crippen LogP contribution in [-0.4, -0.2) is 33.8 Å². The number of aliphatic hydroxyl groups is 2. The first-order chi connectivity index (χ1) is 20.6. The first-order valence-electron chi connectivity index (χ1n) is 17.0. The predicted molar refractivity (Wildman–Crippen MR) is 169 cm³/mol. The quantitative estimate of drug-likeness (QED) is 0.153.